The van der Waals surface area contributed by atoms with Crippen molar-refractivity contribution in [3.63, 3.8) is 0 Å². The average molecular weight is 426 g/mol. The molecule has 0 radical (unpaired) electrons. The van der Waals surface area contributed by atoms with Gasteiger partial charge in [-0.05, 0) is 43.2 Å². The Morgan fingerprint density at radius 3 is 2.87 bits per heavy atom. The van der Waals surface area contributed by atoms with Gasteiger partial charge in [0.15, 0.2) is 0 Å². The predicted molar refractivity (Wildman–Crippen MR) is 120 cm³/mol. The van der Waals surface area contributed by atoms with Crippen LogP contribution < -0.4 is 16.4 Å². The van der Waals surface area contributed by atoms with Gasteiger partial charge in [-0.1, -0.05) is 31.2 Å². The Bertz CT molecular complexity index is 938. The van der Waals surface area contributed by atoms with Gasteiger partial charge in [0.1, 0.15) is 11.5 Å². The van der Waals surface area contributed by atoms with Crippen LogP contribution in [0.4, 0.5) is 14.9 Å². The Balaban J connectivity index is 1.54. The summed E-state index contributed by atoms with van der Waals surface area (Å²) in [6, 6.07) is 5.28. The van der Waals surface area contributed by atoms with Gasteiger partial charge in [-0.25, -0.2) is 9.18 Å². The number of anilines is 1. The van der Waals surface area contributed by atoms with Crippen LogP contribution in [0.2, 0.25) is 0 Å². The lowest BCUT2D eigenvalue weighted by atomic mass is 10.0. The quantitative estimate of drug-likeness (QED) is 0.626. The molecule has 8 heteroatoms. The van der Waals surface area contributed by atoms with Crippen molar-refractivity contribution in [1.82, 2.24) is 10.2 Å². The van der Waals surface area contributed by atoms with Crippen molar-refractivity contribution >= 4 is 23.3 Å². The van der Waals surface area contributed by atoms with E-state index in [0.29, 0.717) is 43.2 Å². The summed E-state index contributed by atoms with van der Waals surface area (Å²) in [6.45, 7) is 3.40. The third-order valence-electron chi connectivity index (χ3n) is 5.07. The lowest BCUT2D eigenvalue weighted by molar-refractivity contribution is -0.115. The predicted octanol–water partition coefficient (Wildman–Crippen LogP) is 2.98. The third-order valence-corrected chi connectivity index (χ3v) is 5.07. The fraction of sp³-hybridized carbons (Fsp3) is 0.348. The summed E-state index contributed by atoms with van der Waals surface area (Å²) in [5.74, 6) is -0.679. The summed E-state index contributed by atoms with van der Waals surface area (Å²) in [7, 11) is 0. The highest BCUT2D eigenvalue weighted by Gasteiger charge is 2.22. The van der Waals surface area contributed by atoms with Gasteiger partial charge in [-0.2, -0.15) is 0 Å². The zero-order valence-electron chi connectivity index (χ0n) is 17.6. The molecule has 0 fully saturated rings. The highest BCUT2D eigenvalue weighted by molar-refractivity contribution is 6.43. The van der Waals surface area contributed by atoms with E-state index in [9.17, 15) is 14.0 Å². The van der Waals surface area contributed by atoms with Crippen LogP contribution in [0, 0.1) is 11.7 Å². The van der Waals surface area contributed by atoms with Gasteiger partial charge >= 0.3 is 6.03 Å². The number of benzene rings is 1. The van der Waals surface area contributed by atoms with E-state index in [0.717, 1.165) is 6.42 Å². The Morgan fingerprint density at radius 1 is 1.35 bits per heavy atom. The fourth-order valence-corrected chi connectivity index (χ4v) is 3.44. The number of carbonyl (C=O) groups is 2. The lowest BCUT2D eigenvalue weighted by Crippen LogP contribution is -2.43. The molecule has 7 nitrogen and oxygen atoms in total. The number of nitrogens with zero attached hydrogens (tertiary/aromatic N) is 2. The number of nitrogens with two attached hydrogens (primary N) is 1. The zero-order chi connectivity index (χ0) is 22.2. The van der Waals surface area contributed by atoms with E-state index in [4.69, 9.17) is 5.73 Å². The summed E-state index contributed by atoms with van der Waals surface area (Å²) >= 11 is 0. The van der Waals surface area contributed by atoms with Crippen LogP contribution in [0.3, 0.4) is 0 Å². The number of aliphatic imine (C=N–C) groups is 1. The number of hydrogen-bond donors (Lipinski definition) is 3. The molecule has 1 aromatic rings. The second kappa shape index (κ2) is 10.6. The zero-order valence-corrected chi connectivity index (χ0v) is 17.6. The highest BCUT2D eigenvalue weighted by atomic mass is 19.1. The molecule has 1 heterocycles. The number of hydrogen-bond acceptors (Lipinski definition) is 4. The molecule has 0 saturated heterocycles. The molecule has 2 aliphatic rings. The largest absolute Gasteiger partial charge is 0.400 e. The van der Waals surface area contributed by atoms with E-state index < -0.39 is 5.82 Å². The average Bonchev–Trinajstić information content (AvgIpc) is 2.75. The maximum atomic E-state index is 13.4. The molecule has 0 bridgehead atoms. The number of halogens is 1. The topological polar surface area (TPSA) is 99.8 Å². The van der Waals surface area contributed by atoms with E-state index in [1.165, 1.54) is 12.1 Å². The van der Waals surface area contributed by atoms with Gasteiger partial charge < -0.3 is 21.3 Å². The molecule has 164 valence electrons. The van der Waals surface area contributed by atoms with Crippen molar-refractivity contribution in [2.75, 3.05) is 25.0 Å². The molecule has 3 rings (SSSR count). The van der Waals surface area contributed by atoms with E-state index in [1.807, 2.05) is 25.2 Å². The van der Waals surface area contributed by atoms with Crippen LogP contribution in [0.5, 0.6) is 0 Å². The molecule has 1 aliphatic carbocycles. The fourth-order valence-electron chi connectivity index (χ4n) is 3.44. The van der Waals surface area contributed by atoms with Crippen molar-refractivity contribution in [2.24, 2.45) is 16.6 Å². The monoisotopic (exact) mass is 425 g/mol. The Labute approximate surface area is 181 Å². The first kappa shape index (κ1) is 22.3. The number of amides is 3. The summed E-state index contributed by atoms with van der Waals surface area (Å²) in [5.41, 5.74) is 7.31. The van der Waals surface area contributed by atoms with Gasteiger partial charge in [0.25, 0.3) is 5.91 Å². The Kier molecular flexibility index (Phi) is 7.59. The normalized spacial score (nSPS) is 19.9. The van der Waals surface area contributed by atoms with Gasteiger partial charge in [0.2, 0.25) is 0 Å². The standard InChI is InChI=1S/C23H28FN5O2/c1-2-12-29(23(31)27-18-7-5-6-17(24)13-18)15-16-10-11-21(26-14-16)22(30)28-20-9-4-3-8-19(20)25/h3-8,10-11,13,16,20H,2,9,12,14-15,25H2,1H3,(H,27,31)(H,28,30). The smallest absolute Gasteiger partial charge is 0.321 e. The number of rotatable bonds is 7. The van der Waals surface area contributed by atoms with Gasteiger partial charge in [0, 0.05) is 36.9 Å². The van der Waals surface area contributed by atoms with Crippen LogP contribution in [-0.2, 0) is 4.79 Å². The summed E-state index contributed by atoms with van der Waals surface area (Å²) in [5, 5.41) is 5.63. The minimum atomic E-state index is -0.406. The van der Waals surface area contributed by atoms with Gasteiger partial charge in [-0.3, -0.25) is 9.79 Å². The van der Waals surface area contributed by atoms with Crippen molar-refractivity contribution in [3.05, 3.63) is 66.2 Å². The molecular weight excluding hydrogens is 397 g/mol. The minimum absolute atomic E-state index is 0.0102. The SMILES string of the molecule is CCCN(CC1C=CC(C(=O)NC2CC=CC=C2N)=NC1)C(=O)Nc1cccc(F)c1. The molecular formula is C23H28FN5O2. The number of nitrogens with one attached hydrogen (secondary N) is 2. The minimum Gasteiger partial charge on any atom is -0.400 e. The highest BCUT2D eigenvalue weighted by Crippen LogP contribution is 2.14. The summed E-state index contributed by atoms with van der Waals surface area (Å²) in [6.07, 6.45) is 10.6. The summed E-state index contributed by atoms with van der Waals surface area (Å²) < 4.78 is 13.4. The van der Waals surface area contributed by atoms with Crippen LogP contribution in [0.25, 0.3) is 0 Å². The molecule has 1 aromatic carbocycles. The van der Waals surface area contributed by atoms with Crippen LogP contribution >= 0.6 is 0 Å². The van der Waals surface area contributed by atoms with E-state index in [1.54, 1.807) is 29.2 Å². The molecule has 1 aliphatic heterocycles. The summed E-state index contributed by atoms with van der Waals surface area (Å²) in [4.78, 5) is 31.2. The molecule has 0 saturated carbocycles. The number of allylic oxidation sites excluding steroid dienone is 2. The Hall–Kier alpha value is -3.42. The van der Waals surface area contributed by atoms with Crippen molar-refractivity contribution in [3.8, 4) is 0 Å². The van der Waals surface area contributed by atoms with Gasteiger partial charge in [0.05, 0.1) is 6.04 Å². The van der Waals surface area contributed by atoms with Crippen LogP contribution in [0.1, 0.15) is 19.8 Å². The lowest BCUT2D eigenvalue weighted by Gasteiger charge is -2.27. The molecule has 2 unspecified atom stereocenters. The van der Waals surface area contributed by atoms with Crippen molar-refractivity contribution < 1.29 is 14.0 Å². The van der Waals surface area contributed by atoms with Crippen molar-refractivity contribution in [2.45, 2.75) is 25.8 Å². The Morgan fingerprint density at radius 2 is 2.19 bits per heavy atom. The first-order valence-corrected chi connectivity index (χ1v) is 10.4. The number of carbonyl (C=O) groups excluding carboxylic acids is 2. The molecule has 3 amide bonds. The van der Waals surface area contributed by atoms with E-state index >= 15 is 0 Å². The van der Waals surface area contributed by atoms with Crippen molar-refractivity contribution in [1.29, 1.82) is 0 Å². The maximum absolute atomic E-state index is 13.4. The molecule has 31 heavy (non-hydrogen) atoms. The van der Waals surface area contributed by atoms with E-state index in [-0.39, 0.29) is 23.9 Å². The van der Waals surface area contributed by atoms with Crippen LogP contribution in [0.15, 0.2) is 65.3 Å². The second-order valence-electron chi connectivity index (χ2n) is 7.59. The first-order valence-electron chi connectivity index (χ1n) is 10.4. The first-order chi connectivity index (χ1) is 15.0. The molecule has 2 atom stereocenters. The molecule has 0 spiro atoms. The van der Waals surface area contributed by atoms with Crippen LogP contribution in [-0.4, -0.2) is 48.2 Å². The van der Waals surface area contributed by atoms with E-state index in [2.05, 4.69) is 15.6 Å². The molecule has 4 N–H and O–H groups in total. The second-order valence-corrected chi connectivity index (χ2v) is 7.59. The maximum Gasteiger partial charge on any atom is 0.321 e. The van der Waals surface area contributed by atoms with Gasteiger partial charge in [-0.15, -0.1) is 0 Å². The molecule has 0 aromatic heterocycles. The number of urea groups is 1. The third kappa shape index (κ3) is 6.28. The number of dihydropyridines is 1.